The van der Waals surface area contributed by atoms with E-state index in [1.54, 1.807) is 0 Å². The summed E-state index contributed by atoms with van der Waals surface area (Å²) in [6.45, 7) is 1.25. The van der Waals surface area contributed by atoms with Crippen LogP contribution in [0.1, 0.15) is 19.3 Å². The Bertz CT molecular complexity index is 433. The third-order valence-electron chi connectivity index (χ3n) is 2.97. The maximum absolute atomic E-state index is 13.1. The van der Waals surface area contributed by atoms with Crippen LogP contribution in [0.25, 0.3) is 0 Å². The summed E-state index contributed by atoms with van der Waals surface area (Å²) >= 11 is 0. The summed E-state index contributed by atoms with van der Waals surface area (Å²) in [6, 6.07) is 3.42. The number of ether oxygens (including phenoxy) is 1. The zero-order valence-corrected chi connectivity index (χ0v) is 9.89. The Hall–Kier alpha value is -1.69. The van der Waals surface area contributed by atoms with Crippen molar-refractivity contribution in [2.75, 3.05) is 13.2 Å². The van der Waals surface area contributed by atoms with Gasteiger partial charge in [-0.1, -0.05) is 6.42 Å². The first-order valence-electron chi connectivity index (χ1n) is 5.97. The van der Waals surface area contributed by atoms with Gasteiger partial charge in [0.15, 0.2) is 5.75 Å². The first-order chi connectivity index (χ1) is 8.66. The molecule has 0 aromatic heterocycles. The van der Waals surface area contributed by atoms with Crippen molar-refractivity contribution in [1.29, 1.82) is 0 Å². The van der Waals surface area contributed by atoms with Crippen LogP contribution < -0.4 is 10.1 Å². The summed E-state index contributed by atoms with van der Waals surface area (Å²) in [6.07, 6.45) is 3.23. The lowest BCUT2D eigenvalue weighted by molar-refractivity contribution is -0.385. The van der Waals surface area contributed by atoms with Gasteiger partial charge in [-0.3, -0.25) is 10.1 Å². The van der Waals surface area contributed by atoms with Gasteiger partial charge in [0.25, 0.3) is 0 Å². The molecule has 1 N–H and O–H groups in total. The lowest BCUT2D eigenvalue weighted by Crippen LogP contribution is -2.38. The fourth-order valence-corrected chi connectivity index (χ4v) is 2.01. The van der Waals surface area contributed by atoms with Crippen LogP contribution in [-0.4, -0.2) is 24.1 Å². The van der Waals surface area contributed by atoms with Gasteiger partial charge < -0.3 is 10.1 Å². The van der Waals surface area contributed by atoms with E-state index in [0.717, 1.165) is 44.0 Å². The molecule has 0 radical (unpaired) electrons. The minimum Gasteiger partial charge on any atom is -0.485 e. The molecular formula is C12H15FN2O3. The molecule has 1 unspecified atom stereocenters. The monoisotopic (exact) mass is 254 g/mol. The van der Waals surface area contributed by atoms with Crippen LogP contribution in [0, 0.1) is 15.9 Å². The van der Waals surface area contributed by atoms with Crippen molar-refractivity contribution in [2.45, 2.75) is 25.3 Å². The molecule has 5 nitrogen and oxygen atoms in total. The molecule has 1 heterocycles. The summed E-state index contributed by atoms with van der Waals surface area (Å²) in [5.74, 6) is -0.542. The van der Waals surface area contributed by atoms with Crippen LogP contribution >= 0.6 is 0 Å². The first-order valence-corrected chi connectivity index (χ1v) is 5.97. The van der Waals surface area contributed by atoms with E-state index in [1.165, 1.54) is 0 Å². The molecule has 1 fully saturated rings. The summed E-state index contributed by atoms with van der Waals surface area (Å²) < 4.78 is 18.4. The number of rotatable bonds is 4. The molecule has 1 saturated heterocycles. The SMILES string of the molecule is O=[N+]([O-])c1ccc(F)cc1OCC1CCCCN1. The fourth-order valence-electron chi connectivity index (χ4n) is 2.01. The van der Waals surface area contributed by atoms with E-state index in [-0.39, 0.29) is 17.5 Å². The van der Waals surface area contributed by atoms with E-state index in [2.05, 4.69) is 5.32 Å². The van der Waals surface area contributed by atoms with Crippen LogP contribution in [-0.2, 0) is 0 Å². The third-order valence-corrected chi connectivity index (χ3v) is 2.97. The molecule has 0 bridgehead atoms. The zero-order valence-electron chi connectivity index (χ0n) is 9.89. The predicted molar refractivity (Wildman–Crippen MR) is 64.2 cm³/mol. The zero-order chi connectivity index (χ0) is 13.0. The third kappa shape index (κ3) is 3.16. The number of hydrogen-bond acceptors (Lipinski definition) is 4. The van der Waals surface area contributed by atoms with Gasteiger partial charge >= 0.3 is 5.69 Å². The van der Waals surface area contributed by atoms with Crippen molar-refractivity contribution >= 4 is 5.69 Å². The van der Waals surface area contributed by atoms with E-state index in [4.69, 9.17) is 4.74 Å². The number of hydrogen-bond donors (Lipinski definition) is 1. The Balaban J connectivity index is 2.03. The van der Waals surface area contributed by atoms with Crippen LogP contribution in [0.15, 0.2) is 18.2 Å². The summed E-state index contributed by atoms with van der Waals surface area (Å²) in [7, 11) is 0. The molecule has 1 aromatic carbocycles. The van der Waals surface area contributed by atoms with Crippen molar-refractivity contribution in [3.05, 3.63) is 34.1 Å². The normalized spacial score (nSPS) is 19.5. The molecule has 1 atom stereocenters. The highest BCUT2D eigenvalue weighted by atomic mass is 19.1. The molecule has 0 saturated carbocycles. The van der Waals surface area contributed by atoms with E-state index >= 15 is 0 Å². The number of benzene rings is 1. The van der Waals surface area contributed by atoms with Gasteiger partial charge in [-0.15, -0.1) is 0 Å². The molecule has 1 aromatic rings. The number of halogens is 1. The van der Waals surface area contributed by atoms with Crippen LogP contribution in [0.4, 0.5) is 10.1 Å². The number of nitrogens with one attached hydrogen (secondary N) is 1. The maximum Gasteiger partial charge on any atom is 0.311 e. The second-order valence-corrected chi connectivity index (χ2v) is 4.33. The highest BCUT2D eigenvalue weighted by Crippen LogP contribution is 2.27. The average molecular weight is 254 g/mol. The Labute approximate surface area is 104 Å². The van der Waals surface area contributed by atoms with Crippen molar-refractivity contribution in [3.8, 4) is 5.75 Å². The highest BCUT2D eigenvalue weighted by molar-refractivity contribution is 5.46. The first kappa shape index (κ1) is 12.8. The van der Waals surface area contributed by atoms with Gasteiger partial charge in [0, 0.05) is 18.2 Å². The maximum atomic E-state index is 13.1. The van der Waals surface area contributed by atoms with E-state index in [9.17, 15) is 14.5 Å². The Morgan fingerprint density at radius 1 is 1.50 bits per heavy atom. The van der Waals surface area contributed by atoms with Crippen molar-refractivity contribution < 1.29 is 14.1 Å². The molecule has 2 rings (SSSR count). The van der Waals surface area contributed by atoms with Gasteiger partial charge in [0.2, 0.25) is 0 Å². The van der Waals surface area contributed by atoms with Gasteiger partial charge in [0.05, 0.1) is 4.92 Å². The minimum absolute atomic E-state index is 0.00706. The smallest absolute Gasteiger partial charge is 0.311 e. The molecular weight excluding hydrogens is 239 g/mol. The number of nitro benzene ring substituents is 1. The topological polar surface area (TPSA) is 64.4 Å². The van der Waals surface area contributed by atoms with Gasteiger partial charge in [-0.25, -0.2) is 4.39 Å². The lowest BCUT2D eigenvalue weighted by Gasteiger charge is -2.23. The summed E-state index contributed by atoms with van der Waals surface area (Å²) in [5, 5.41) is 14.0. The van der Waals surface area contributed by atoms with Crippen LogP contribution in [0.2, 0.25) is 0 Å². The minimum atomic E-state index is -0.566. The van der Waals surface area contributed by atoms with Gasteiger partial charge in [-0.05, 0) is 25.5 Å². The quantitative estimate of drug-likeness (QED) is 0.661. The highest BCUT2D eigenvalue weighted by Gasteiger charge is 2.18. The Morgan fingerprint density at radius 2 is 2.33 bits per heavy atom. The molecule has 18 heavy (non-hydrogen) atoms. The van der Waals surface area contributed by atoms with E-state index in [0.29, 0.717) is 6.61 Å². The largest absolute Gasteiger partial charge is 0.485 e. The predicted octanol–water partition coefficient (Wildman–Crippen LogP) is 2.25. The van der Waals surface area contributed by atoms with E-state index in [1.807, 2.05) is 0 Å². The summed E-state index contributed by atoms with van der Waals surface area (Å²) in [5.41, 5.74) is -0.202. The van der Waals surface area contributed by atoms with Gasteiger partial charge in [0.1, 0.15) is 12.4 Å². The summed E-state index contributed by atoms with van der Waals surface area (Å²) in [4.78, 5) is 10.2. The molecule has 98 valence electrons. The molecule has 0 spiro atoms. The average Bonchev–Trinajstić information content (AvgIpc) is 2.37. The Kier molecular flexibility index (Phi) is 4.09. The number of piperidine rings is 1. The Morgan fingerprint density at radius 3 is 3.00 bits per heavy atom. The number of nitrogens with zero attached hydrogens (tertiary/aromatic N) is 1. The lowest BCUT2D eigenvalue weighted by atomic mass is 10.1. The van der Waals surface area contributed by atoms with Gasteiger partial charge in [-0.2, -0.15) is 0 Å². The number of nitro groups is 1. The second-order valence-electron chi connectivity index (χ2n) is 4.33. The molecule has 6 heteroatoms. The molecule has 0 aliphatic carbocycles. The fraction of sp³-hybridized carbons (Fsp3) is 0.500. The van der Waals surface area contributed by atoms with Crippen molar-refractivity contribution in [2.24, 2.45) is 0 Å². The second kappa shape index (κ2) is 5.77. The standard InChI is InChI=1S/C12H15FN2O3/c13-9-4-5-11(15(16)17)12(7-9)18-8-10-3-1-2-6-14-10/h4-5,7,10,14H,1-3,6,8H2. The van der Waals surface area contributed by atoms with E-state index < -0.39 is 10.7 Å². The van der Waals surface area contributed by atoms with Crippen LogP contribution in [0.3, 0.4) is 0 Å². The molecule has 1 aliphatic rings. The molecule has 0 amide bonds. The van der Waals surface area contributed by atoms with Crippen molar-refractivity contribution in [1.82, 2.24) is 5.32 Å². The van der Waals surface area contributed by atoms with Crippen molar-refractivity contribution in [3.63, 3.8) is 0 Å². The van der Waals surface area contributed by atoms with Crippen LogP contribution in [0.5, 0.6) is 5.75 Å². The molecule has 1 aliphatic heterocycles.